The Labute approximate surface area is 222 Å². The van der Waals surface area contributed by atoms with E-state index in [2.05, 4.69) is 5.32 Å². The summed E-state index contributed by atoms with van der Waals surface area (Å²) >= 11 is 0. The second-order valence-corrected chi connectivity index (χ2v) is 10.3. The molecule has 0 aromatic heterocycles. The summed E-state index contributed by atoms with van der Waals surface area (Å²) in [6.07, 6.45) is 4.08. The molecule has 3 amide bonds. The number of amides is 3. The van der Waals surface area contributed by atoms with Gasteiger partial charge in [0.2, 0.25) is 11.8 Å². The number of aliphatic hydroxyl groups excluding tert-OH is 1. The fourth-order valence-corrected chi connectivity index (χ4v) is 5.76. The number of carbonyl (C=O) groups is 3. The second kappa shape index (κ2) is 10.3. The number of aliphatic hydroxyl groups is 2. The van der Waals surface area contributed by atoms with Crippen molar-refractivity contribution >= 4 is 29.1 Å². The molecular formula is C29H34N4O5. The first-order chi connectivity index (χ1) is 18.3. The molecule has 0 unspecified atom stereocenters. The Kier molecular flexibility index (Phi) is 7.09. The number of likely N-dealkylation sites (N-methyl/N-ethyl adjacent to an activating group) is 1. The zero-order valence-corrected chi connectivity index (χ0v) is 21.8. The van der Waals surface area contributed by atoms with Crippen LogP contribution < -0.4 is 15.1 Å². The largest absolute Gasteiger partial charge is 0.394 e. The topological polar surface area (TPSA) is 113 Å². The van der Waals surface area contributed by atoms with Crippen molar-refractivity contribution in [2.75, 3.05) is 43.1 Å². The van der Waals surface area contributed by atoms with Crippen molar-refractivity contribution in [3.8, 4) is 0 Å². The summed E-state index contributed by atoms with van der Waals surface area (Å²) in [6, 6.07) is 12.9. The van der Waals surface area contributed by atoms with Crippen LogP contribution in [0, 0.1) is 5.92 Å². The maximum absolute atomic E-state index is 13.3. The predicted molar refractivity (Wildman–Crippen MR) is 143 cm³/mol. The van der Waals surface area contributed by atoms with E-state index < -0.39 is 17.4 Å². The summed E-state index contributed by atoms with van der Waals surface area (Å²) < 4.78 is 0. The highest BCUT2D eigenvalue weighted by atomic mass is 16.3. The average molecular weight is 519 g/mol. The van der Waals surface area contributed by atoms with E-state index in [-0.39, 0.29) is 37.4 Å². The van der Waals surface area contributed by atoms with Crippen LogP contribution in [0.5, 0.6) is 0 Å². The van der Waals surface area contributed by atoms with Crippen LogP contribution in [0.3, 0.4) is 0 Å². The van der Waals surface area contributed by atoms with Gasteiger partial charge in [0.15, 0.2) is 5.60 Å². The molecular weight excluding hydrogens is 484 g/mol. The molecule has 0 aliphatic carbocycles. The van der Waals surface area contributed by atoms with Gasteiger partial charge in [-0.15, -0.1) is 0 Å². The van der Waals surface area contributed by atoms with E-state index in [1.165, 1.54) is 4.90 Å². The van der Waals surface area contributed by atoms with Crippen LogP contribution in [0.25, 0.3) is 0 Å². The number of nitrogens with zero attached hydrogens (tertiary/aromatic N) is 3. The molecule has 200 valence electrons. The van der Waals surface area contributed by atoms with Crippen molar-refractivity contribution in [2.45, 2.75) is 38.0 Å². The van der Waals surface area contributed by atoms with Crippen LogP contribution in [-0.4, -0.2) is 72.2 Å². The van der Waals surface area contributed by atoms with Crippen molar-refractivity contribution < 1.29 is 24.6 Å². The molecule has 3 atom stereocenters. The Morgan fingerprint density at radius 3 is 2.71 bits per heavy atom. The van der Waals surface area contributed by atoms with Gasteiger partial charge in [0.05, 0.1) is 24.9 Å². The Balaban J connectivity index is 1.34. The molecule has 1 saturated heterocycles. The van der Waals surface area contributed by atoms with Crippen molar-refractivity contribution in [1.29, 1.82) is 0 Å². The molecule has 3 aliphatic heterocycles. The molecule has 0 saturated carbocycles. The fourth-order valence-electron chi connectivity index (χ4n) is 5.76. The number of fused-ring (bicyclic) bond motifs is 2. The molecule has 2 aromatic rings. The summed E-state index contributed by atoms with van der Waals surface area (Å²) in [5, 5.41) is 24.7. The lowest BCUT2D eigenvalue weighted by molar-refractivity contribution is -0.139. The van der Waals surface area contributed by atoms with Crippen LogP contribution in [0.4, 0.5) is 11.4 Å². The van der Waals surface area contributed by atoms with Crippen molar-refractivity contribution in [3.05, 3.63) is 71.3 Å². The normalized spacial score (nSPS) is 24.1. The van der Waals surface area contributed by atoms with Crippen LogP contribution in [0.1, 0.15) is 30.0 Å². The van der Waals surface area contributed by atoms with E-state index in [0.29, 0.717) is 43.0 Å². The summed E-state index contributed by atoms with van der Waals surface area (Å²) in [6.45, 7) is 3.49. The zero-order chi connectivity index (χ0) is 27.0. The van der Waals surface area contributed by atoms with Crippen molar-refractivity contribution in [3.63, 3.8) is 0 Å². The van der Waals surface area contributed by atoms with Gasteiger partial charge in [-0.1, -0.05) is 43.3 Å². The van der Waals surface area contributed by atoms with Crippen molar-refractivity contribution in [2.24, 2.45) is 5.92 Å². The van der Waals surface area contributed by atoms with Gasteiger partial charge in [-0.25, -0.2) is 0 Å². The summed E-state index contributed by atoms with van der Waals surface area (Å²) in [4.78, 5) is 43.6. The molecule has 38 heavy (non-hydrogen) atoms. The highest BCUT2D eigenvalue weighted by Gasteiger charge is 2.51. The molecule has 0 spiro atoms. The van der Waals surface area contributed by atoms with Crippen LogP contribution in [0.15, 0.2) is 54.6 Å². The lowest BCUT2D eigenvalue weighted by Crippen LogP contribution is -2.48. The minimum absolute atomic E-state index is 0.0644. The van der Waals surface area contributed by atoms with Crippen LogP contribution in [-0.2, 0) is 33.0 Å². The zero-order valence-electron chi connectivity index (χ0n) is 21.8. The number of rotatable bonds is 6. The minimum Gasteiger partial charge on any atom is -0.394 e. The van der Waals surface area contributed by atoms with Gasteiger partial charge in [-0.2, -0.15) is 0 Å². The third-order valence-electron chi connectivity index (χ3n) is 8.05. The monoisotopic (exact) mass is 518 g/mol. The van der Waals surface area contributed by atoms with E-state index in [4.69, 9.17) is 0 Å². The average Bonchev–Trinajstić information content (AvgIpc) is 3.13. The number of hydrogen-bond donors (Lipinski definition) is 3. The molecule has 9 nitrogen and oxygen atoms in total. The third-order valence-corrected chi connectivity index (χ3v) is 8.05. The smallest absolute Gasteiger partial charge is 0.264 e. The molecule has 3 heterocycles. The van der Waals surface area contributed by atoms with Crippen LogP contribution in [0.2, 0.25) is 0 Å². The lowest BCUT2D eigenvalue weighted by Gasteiger charge is -2.36. The van der Waals surface area contributed by atoms with Crippen LogP contribution >= 0.6 is 0 Å². The predicted octanol–water partition coefficient (Wildman–Crippen LogP) is 1.32. The minimum atomic E-state index is -1.82. The molecule has 0 radical (unpaired) electrons. The number of nitrogens with one attached hydrogen (secondary N) is 1. The second-order valence-electron chi connectivity index (χ2n) is 10.3. The standard InChI is InChI=1S/C29H34N4O5/c1-19(6-5-9-26(35)33-17-21-8-4-3-7-20(21)14-23(33)18-34)29(38)24-15-22(32-13-12-30-16-27(32)36)10-11-25(24)31(2)28(29)37/h3-8,10-11,15,19,23,30,34,38H,9,12-14,16-18H2,1-2H3/b6-5+/t19-,23-,29+/m0/s1. The SMILES string of the molecule is C[C@@H](/C=C/CC(=O)N1Cc2ccccc2C[C@H]1CO)[C@]1(O)C(=O)N(C)c2ccc(N3CCNCC3=O)cc21. The summed E-state index contributed by atoms with van der Waals surface area (Å²) in [7, 11) is 1.62. The van der Waals surface area contributed by atoms with Gasteiger partial charge in [-0.3, -0.25) is 14.4 Å². The summed E-state index contributed by atoms with van der Waals surface area (Å²) in [5.74, 6) is -1.27. The molecule has 1 fully saturated rings. The summed E-state index contributed by atoms with van der Waals surface area (Å²) in [5.41, 5.74) is 2.08. The number of piperazine rings is 1. The van der Waals surface area contributed by atoms with Crippen molar-refractivity contribution in [1.82, 2.24) is 10.2 Å². The maximum Gasteiger partial charge on any atom is 0.264 e. The molecule has 0 bridgehead atoms. The maximum atomic E-state index is 13.3. The quantitative estimate of drug-likeness (QED) is 0.497. The van der Waals surface area contributed by atoms with Gasteiger partial charge >= 0.3 is 0 Å². The van der Waals surface area contributed by atoms with E-state index >= 15 is 0 Å². The Hall–Kier alpha value is -3.53. The highest BCUT2D eigenvalue weighted by Crippen LogP contribution is 2.46. The first-order valence-electron chi connectivity index (χ1n) is 13.1. The van der Waals surface area contributed by atoms with E-state index in [1.54, 1.807) is 54.1 Å². The van der Waals surface area contributed by atoms with Gasteiger partial charge in [0.25, 0.3) is 5.91 Å². The third kappa shape index (κ3) is 4.40. The number of carbonyl (C=O) groups excluding carboxylic acids is 3. The Morgan fingerprint density at radius 1 is 1.21 bits per heavy atom. The fraction of sp³-hybridized carbons (Fsp3) is 0.414. The van der Waals surface area contributed by atoms with Gasteiger partial charge in [0.1, 0.15) is 0 Å². The number of anilines is 2. The molecule has 5 rings (SSSR count). The van der Waals surface area contributed by atoms with Gasteiger partial charge in [0, 0.05) is 50.3 Å². The lowest BCUT2D eigenvalue weighted by atomic mass is 9.82. The Bertz CT molecular complexity index is 1290. The Morgan fingerprint density at radius 2 is 1.97 bits per heavy atom. The molecule has 9 heteroatoms. The molecule has 3 N–H and O–H groups in total. The van der Waals surface area contributed by atoms with Gasteiger partial charge < -0.3 is 30.2 Å². The van der Waals surface area contributed by atoms with E-state index in [0.717, 1.165) is 11.1 Å². The number of benzene rings is 2. The van der Waals surface area contributed by atoms with Gasteiger partial charge in [-0.05, 0) is 35.7 Å². The molecule has 3 aliphatic rings. The highest BCUT2D eigenvalue weighted by molar-refractivity contribution is 6.07. The molecule has 2 aromatic carbocycles. The van der Waals surface area contributed by atoms with E-state index in [1.807, 2.05) is 24.3 Å². The van der Waals surface area contributed by atoms with E-state index in [9.17, 15) is 24.6 Å². The first-order valence-corrected chi connectivity index (χ1v) is 13.1. The first kappa shape index (κ1) is 26.1. The number of hydrogen-bond acceptors (Lipinski definition) is 6.